The second-order valence-corrected chi connectivity index (χ2v) is 4.50. The maximum absolute atomic E-state index is 12.8. The average molecular weight is 264 g/mol. The van der Waals surface area contributed by atoms with E-state index in [9.17, 15) is 9.50 Å². The minimum atomic E-state index is -0.532. The fraction of sp³-hybridized carbons (Fsp3) is 0.385. The lowest BCUT2D eigenvalue weighted by Crippen LogP contribution is -2.30. The van der Waals surface area contributed by atoms with Gasteiger partial charge in [-0.3, -0.25) is 0 Å². The van der Waals surface area contributed by atoms with Crippen molar-refractivity contribution in [3.63, 3.8) is 0 Å². The Balaban J connectivity index is 1.84. The predicted octanol–water partition coefficient (Wildman–Crippen LogP) is 1.74. The van der Waals surface area contributed by atoms with Gasteiger partial charge in [0.05, 0.1) is 18.6 Å². The molecule has 2 aromatic rings. The molecule has 2 atom stereocenters. The molecule has 1 fully saturated rings. The molecule has 0 saturated carbocycles. The molecule has 3 rings (SSSR count). The van der Waals surface area contributed by atoms with Crippen molar-refractivity contribution in [3.8, 4) is 11.4 Å². The van der Waals surface area contributed by atoms with Crippen LogP contribution in [-0.4, -0.2) is 34.6 Å². The number of ether oxygens (including phenoxy) is 1. The van der Waals surface area contributed by atoms with E-state index in [1.165, 1.54) is 12.1 Å². The molecule has 2 heterocycles. The fourth-order valence-electron chi connectivity index (χ4n) is 2.06. The van der Waals surface area contributed by atoms with Crippen molar-refractivity contribution in [1.82, 2.24) is 10.1 Å². The van der Waals surface area contributed by atoms with E-state index in [-0.39, 0.29) is 11.7 Å². The standard InChI is InChI=1S/C13H13FN2O3/c14-9-3-1-8(2-4-9)12-15-13(19-16-12)10-7-18-6-5-11(10)17/h1-4,10-11,17H,5-7H2. The molecule has 0 spiro atoms. The third-order valence-electron chi connectivity index (χ3n) is 3.18. The van der Waals surface area contributed by atoms with Gasteiger partial charge in [-0.15, -0.1) is 0 Å². The number of aliphatic hydroxyl groups is 1. The summed E-state index contributed by atoms with van der Waals surface area (Å²) in [5.74, 6) is 0.123. The monoisotopic (exact) mass is 264 g/mol. The van der Waals surface area contributed by atoms with Gasteiger partial charge in [-0.1, -0.05) is 5.16 Å². The normalized spacial score (nSPS) is 23.5. The van der Waals surface area contributed by atoms with Gasteiger partial charge in [0, 0.05) is 12.2 Å². The van der Waals surface area contributed by atoms with Crippen molar-refractivity contribution in [2.75, 3.05) is 13.2 Å². The first-order valence-electron chi connectivity index (χ1n) is 6.09. The molecule has 100 valence electrons. The average Bonchev–Trinajstić information content (AvgIpc) is 2.89. The predicted molar refractivity (Wildman–Crippen MR) is 63.9 cm³/mol. The van der Waals surface area contributed by atoms with Crippen LogP contribution in [0.4, 0.5) is 4.39 Å². The van der Waals surface area contributed by atoms with Crippen molar-refractivity contribution >= 4 is 0 Å². The Bertz CT molecular complexity index is 555. The van der Waals surface area contributed by atoms with Gasteiger partial charge in [0.25, 0.3) is 0 Å². The third kappa shape index (κ3) is 2.50. The Kier molecular flexibility index (Phi) is 3.27. The molecule has 1 aromatic carbocycles. The highest BCUT2D eigenvalue weighted by atomic mass is 19.1. The van der Waals surface area contributed by atoms with Gasteiger partial charge in [-0.2, -0.15) is 4.98 Å². The largest absolute Gasteiger partial charge is 0.392 e. The first-order chi connectivity index (χ1) is 9.24. The Hall–Kier alpha value is -1.79. The van der Waals surface area contributed by atoms with Gasteiger partial charge < -0.3 is 14.4 Å². The van der Waals surface area contributed by atoms with Crippen molar-refractivity contribution in [3.05, 3.63) is 36.0 Å². The van der Waals surface area contributed by atoms with Crippen LogP contribution in [0.3, 0.4) is 0 Å². The maximum atomic E-state index is 12.8. The quantitative estimate of drug-likeness (QED) is 0.894. The van der Waals surface area contributed by atoms with Gasteiger partial charge in [-0.25, -0.2) is 4.39 Å². The Morgan fingerprint density at radius 1 is 1.26 bits per heavy atom. The summed E-state index contributed by atoms with van der Waals surface area (Å²) in [6, 6.07) is 5.84. The molecule has 1 saturated heterocycles. The molecule has 0 bridgehead atoms. The molecule has 1 aromatic heterocycles. The number of aromatic nitrogens is 2. The number of benzene rings is 1. The summed E-state index contributed by atoms with van der Waals surface area (Å²) in [7, 11) is 0. The van der Waals surface area contributed by atoms with E-state index in [0.717, 1.165) is 0 Å². The summed E-state index contributed by atoms with van der Waals surface area (Å²) >= 11 is 0. The summed E-state index contributed by atoms with van der Waals surface area (Å²) in [5, 5.41) is 13.7. The second kappa shape index (κ2) is 5.07. The van der Waals surface area contributed by atoms with Crippen molar-refractivity contribution in [2.45, 2.75) is 18.4 Å². The van der Waals surface area contributed by atoms with Crippen LogP contribution in [0.5, 0.6) is 0 Å². The Morgan fingerprint density at radius 2 is 2.05 bits per heavy atom. The molecule has 2 unspecified atom stereocenters. The third-order valence-corrected chi connectivity index (χ3v) is 3.18. The lowest BCUT2D eigenvalue weighted by molar-refractivity contribution is -0.0149. The number of rotatable bonds is 2. The lowest BCUT2D eigenvalue weighted by atomic mass is 9.99. The molecule has 0 radical (unpaired) electrons. The van der Waals surface area contributed by atoms with Gasteiger partial charge in [0.1, 0.15) is 5.82 Å². The minimum absolute atomic E-state index is 0.296. The van der Waals surface area contributed by atoms with Crippen molar-refractivity contribution in [1.29, 1.82) is 0 Å². The highest BCUT2D eigenvalue weighted by molar-refractivity contribution is 5.53. The van der Waals surface area contributed by atoms with Crippen LogP contribution in [0, 0.1) is 5.82 Å². The topological polar surface area (TPSA) is 68.4 Å². The van der Waals surface area contributed by atoms with E-state index in [4.69, 9.17) is 9.26 Å². The molecule has 0 aliphatic carbocycles. The number of nitrogens with zero attached hydrogens (tertiary/aromatic N) is 2. The fourth-order valence-corrected chi connectivity index (χ4v) is 2.06. The molecule has 1 aliphatic heterocycles. The Morgan fingerprint density at radius 3 is 2.79 bits per heavy atom. The van der Waals surface area contributed by atoms with Crippen LogP contribution in [-0.2, 0) is 4.74 Å². The van der Waals surface area contributed by atoms with Gasteiger partial charge in [0.2, 0.25) is 11.7 Å². The van der Waals surface area contributed by atoms with Crippen molar-refractivity contribution < 1.29 is 18.8 Å². The number of halogens is 1. The second-order valence-electron chi connectivity index (χ2n) is 4.50. The molecule has 6 heteroatoms. The molecule has 19 heavy (non-hydrogen) atoms. The van der Waals surface area contributed by atoms with Gasteiger partial charge >= 0.3 is 0 Å². The molecular formula is C13H13FN2O3. The molecular weight excluding hydrogens is 251 g/mol. The first-order valence-corrected chi connectivity index (χ1v) is 6.09. The van der Waals surface area contributed by atoms with Gasteiger partial charge in [-0.05, 0) is 30.7 Å². The molecule has 0 amide bonds. The highest BCUT2D eigenvalue weighted by Crippen LogP contribution is 2.26. The molecule has 1 aliphatic rings. The van der Waals surface area contributed by atoms with E-state index in [2.05, 4.69) is 10.1 Å². The van der Waals surface area contributed by atoms with E-state index in [1.54, 1.807) is 12.1 Å². The van der Waals surface area contributed by atoms with Crippen LogP contribution in [0.25, 0.3) is 11.4 Å². The number of aliphatic hydroxyl groups excluding tert-OH is 1. The zero-order valence-electron chi connectivity index (χ0n) is 10.1. The lowest BCUT2D eigenvalue weighted by Gasteiger charge is -2.24. The number of hydrogen-bond donors (Lipinski definition) is 1. The highest BCUT2D eigenvalue weighted by Gasteiger charge is 2.30. The van der Waals surface area contributed by atoms with Gasteiger partial charge in [0.15, 0.2) is 0 Å². The van der Waals surface area contributed by atoms with Crippen molar-refractivity contribution in [2.24, 2.45) is 0 Å². The smallest absolute Gasteiger partial charge is 0.235 e. The Labute approximate surface area is 109 Å². The SMILES string of the molecule is OC1CCOCC1c1nc(-c2ccc(F)cc2)no1. The van der Waals surface area contributed by atoms with Crippen LogP contribution in [0.15, 0.2) is 28.8 Å². The van der Waals surface area contributed by atoms with Crippen LogP contribution in [0.1, 0.15) is 18.2 Å². The van der Waals surface area contributed by atoms with Crippen LogP contribution >= 0.6 is 0 Å². The van der Waals surface area contributed by atoms with Crippen LogP contribution in [0.2, 0.25) is 0 Å². The summed E-state index contributed by atoms with van der Waals surface area (Å²) in [5.41, 5.74) is 0.669. The first kappa shape index (κ1) is 12.3. The number of hydrogen-bond acceptors (Lipinski definition) is 5. The zero-order valence-corrected chi connectivity index (χ0v) is 10.1. The molecule has 5 nitrogen and oxygen atoms in total. The van der Waals surface area contributed by atoms with Crippen LogP contribution < -0.4 is 0 Å². The summed E-state index contributed by atoms with van der Waals surface area (Å²) in [4.78, 5) is 4.24. The van der Waals surface area contributed by atoms with E-state index in [1.807, 2.05) is 0 Å². The maximum Gasteiger partial charge on any atom is 0.235 e. The molecule has 1 N–H and O–H groups in total. The minimum Gasteiger partial charge on any atom is -0.392 e. The van der Waals surface area contributed by atoms with E-state index < -0.39 is 6.10 Å². The van der Waals surface area contributed by atoms with E-state index in [0.29, 0.717) is 36.9 Å². The summed E-state index contributed by atoms with van der Waals surface area (Å²) in [6.45, 7) is 0.906. The van der Waals surface area contributed by atoms with E-state index >= 15 is 0 Å². The summed E-state index contributed by atoms with van der Waals surface area (Å²) < 4.78 is 23.3. The zero-order chi connectivity index (χ0) is 13.2. The summed E-state index contributed by atoms with van der Waals surface area (Å²) in [6.07, 6.45) is 0.0223.